The summed E-state index contributed by atoms with van der Waals surface area (Å²) in [5.74, 6) is -2.02. The monoisotopic (exact) mass is 238 g/mol. The molecule has 0 aliphatic rings. The molecule has 90 valence electrons. The van der Waals surface area contributed by atoms with E-state index < -0.39 is 17.4 Å². The van der Waals surface area contributed by atoms with E-state index in [1.165, 1.54) is 12.1 Å². The number of hydrogen-bond donors (Lipinski definition) is 3. The molecule has 0 bridgehead atoms. The maximum atomic E-state index is 13.0. The largest absolute Gasteiger partial charge is 0.479 e. The summed E-state index contributed by atoms with van der Waals surface area (Å²) in [4.78, 5) is 10.6. The molecule has 3 N–H and O–H groups in total. The molecule has 1 aromatic rings. The summed E-state index contributed by atoms with van der Waals surface area (Å²) in [7, 11) is 0. The van der Waals surface area contributed by atoms with Crippen LogP contribution in [0.5, 0.6) is 0 Å². The van der Waals surface area contributed by atoms with Crippen molar-refractivity contribution in [1.82, 2.24) is 0 Å². The number of aliphatic hydroxyl groups is 1. The minimum absolute atomic E-state index is 0.148. The number of halogens is 1. The molecule has 0 amide bonds. The van der Waals surface area contributed by atoms with E-state index in [4.69, 9.17) is 10.4 Å². The van der Waals surface area contributed by atoms with Gasteiger partial charge in [0.25, 0.3) is 0 Å². The van der Waals surface area contributed by atoms with Crippen molar-refractivity contribution in [3.63, 3.8) is 0 Å². The van der Waals surface area contributed by atoms with Crippen LogP contribution in [-0.2, 0) is 4.79 Å². The highest BCUT2D eigenvalue weighted by molar-refractivity contribution is 5.77. The summed E-state index contributed by atoms with van der Waals surface area (Å²) in [6, 6.07) is 5.35. The second kappa shape index (κ2) is 4.80. The number of nitrogens with zero attached hydrogens (tertiary/aromatic N) is 1. The number of carbonyl (C=O) groups is 1. The lowest BCUT2D eigenvalue weighted by Gasteiger charge is -2.19. The zero-order chi connectivity index (χ0) is 13.1. The van der Waals surface area contributed by atoms with Gasteiger partial charge in [-0.05, 0) is 25.1 Å². The van der Waals surface area contributed by atoms with Gasteiger partial charge < -0.3 is 15.5 Å². The Hall–Kier alpha value is -2.13. The quantitative estimate of drug-likeness (QED) is 0.726. The van der Waals surface area contributed by atoms with Crippen LogP contribution >= 0.6 is 0 Å². The summed E-state index contributed by atoms with van der Waals surface area (Å²) in [6.07, 6.45) is 0. The van der Waals surface area contributed by atoms with Gasteiger partial charge in [0.05, 0.1) is 12.1 Å². The van der Waals surface area contributed by atoms with Crippen molar-refractivity contribution in [2.24, 2.45) is 0 Å². The van der Waals surface area contributed by atoms with E-state index in [2.05, 4.69) is 5.32 Å². The van der Waals surface area contributed by atoms with Crippen LogP contribution in [0.3, 0.4) is 0 Å². The van der Waals surface area contributed by atoms with E-state index >= 15 is 0 Å². The first-order valence-electron chi connectivity index (χ1n) is 4.76. The number of nitriles is 1. The normalized spacial score (nSPS) is 13.5. The van der Waals surface area contributed by atoms with Gasteiger partial charge in [-0.25, -0.2) is 9.18 Å². The molecule has 1 unspecified atom stereocenters. The predicted octanol–water partition coefficient (Wildman–Crippen LogP) is 0.945. The molecular weight excluding hydrogens is 227 g/mol. The fourth-order valence-corrected chi connectivity index (χ4v) is 1.07. The minimum atomic E-state index is -1.93. The fraction of sp³-hybridized carbons (Fsp3) is 0.273. The highest BCUT2D eigenvalue weighted by atomic mass is 19.1. The topological polar surface area (TPSA) is 93.4 Å². The molecule has 5 nitrogen and oxygen atoms in total. The lowest BCUT2D eigenvalue weighted by Crippen LogP contribution is -2.41. The summed E-state index contributed by atoms with van der Waals surface area (Å²) in [6.45, 7) is 0.885. The van der Waals surface area contributed by atoms with Crippen molar-refractivity contribution in [3.8, 4) is 6.07 Å². The van der Waals surface area contributed by atoms with E-state index in [9.17, 15) is 14.3 Å². The number of carboxylic acids is 1. The number of aliphatic carboxylic acids is 1. The standard InChI is InChI=1S/C11H11FN2O3/c1-11(17,10(15)16)6-14-8-2-3-9(12)7(4-8)5-13/h2-4,14,17H,6H2,1H3,(H,15,16). The second-order valence-electron chi connectivity index (χ2n) is 3.74. The molecule has 0 saturated heterocycles. The van der Waals surface area contributed by atoms with Crippen LogP contribution in [0.2, 0.25) is 0 Å². The summed E-state index contributed by atoms with van der Waals surface area (Å²) < 4.78 is 13.0. The maximum Gasteiger partial charge on any atom is 0.337 e. The van der Waals surface area contributed by atoms with Gasteiger partial charge in [0.2, 0.25) is 0 Å². The van der Waals surface area contributed by atoms with Gasteiger partial charge in [-0.15, -0.1) is 0 Å². The number of rotatable bonds is 4. The van der Waals surface area contributed by atoms with Crippen LogP contribution in [0, 0.1) is 17.1 Å². The molecule has 0 spiro atoms. The average molecular weight is 238 g/mol. The third-order valence-electron chi connectivity index (χ3n) is 2.18. The first kappa shape index (κ1) is 12.9. The van der Waals surface area contributed by atoms with Crippen molar-refractivity contribution in [3.05, 3.63) is 29.6 Å². The van der Waals surface area contributed by atoms with Gasteiger partial charge in [0.1, 0.15) is 11.9 Å². The fourth-order valence-electron chi connectivity index (χ4n) is 1.07. The molecule has 1 atom stereocenters. The van der Waals surface area contributed by atoms with Gasteiger partial charge in [0.15, 0.2) is 5.60 Å². The van der Waals surface area contributed by atoms with Crippen molar-refractivity contribution < 1.29 is 19.4 Å². The Bertz CT molecular complexity index is 480. The van der Waals surface area contributed by atoms with E-state index in [0.29, 0.717) is 5.69 Å². The SMILES string of the molecule is CC(O)(CNc1ccc(F)c(C#N)c1)C(=O)O. The molecule has 1 rings (SSSR count). The van der Waals surface area contributed by atoms with Gasteiger partial charge in [0, 0.05) is 5.69 Å². The van der Waals surface area contributed by atoms with Crippen molar-refractivity contribution >= 4 is 11.7 Å². The van der Waals surface area contributed by atoms with Gasteiger partial charge in [-0.3, -0.25) is 0 Å². The van der Waals surface area contributed by atoms with E-state index in [1.54, 1.807) is 6.07 Å². The van der Waals surface area contributed by atoms with Crippen LogP contribution in [-0.4, -0.2) is 28.3 Å². The molecule has 0 saturated carbocycles. The Kier molecular flexibility index (Phi) is 3.66. The first-order valence-corrected chi connectivity index (χ1v) is 4.76. The lowest BCUT2D eigenvalue weighted by molar-refractivity contribution is -0.155. The number of nitrogens with one attached hydrogen (secondary N) is 1. The zero-order valence-corrected chi connectivity index (χ0v) is 9.07. The second-order valence-corrected chi connectivity index (χ2v) is 3.74. The Balaban J connectivity index is 2.78. The summed E-state index contributed by atoms with van der Waals surface area (Å²) in [5, 5.41) is 29.3. The maximum absolute atomic E-state index is 13.0. The van der Waals surface area contributed by atoms with Crippen molar-refractivity contribution in [1.29, 1.82) is 5.26 Å². The predicted molar refractivity (Wildman–Crippen MR) is 57.9 cm³/mol. The van der Waals surface area contributed by atoms with Gasteiger partial charge in [-0.2, -0.15) is 5.26 Å². The molecular formula is C11H11FN2O3. The Morgan fingerprint density at radius 1 is 1.65 bits per heavy atom. The van der Waals surface area contributed by atoms with Crippen LogP contribution < -0.4 is 5.32 Å². The lowest BCUT2D eigenvalue weighted by atomic mass is 10.1. The van der Waals surface area contributed by atoms with Crippen LogP contribution in [0.1, 0.15) is 12.5 Å². The zero-order valence-electron chi connectivity index (χ0n) is 9.07. The van der Waals surface area contributed by atoms with E-state index in [1.807, 2.05) is 0 Å². The number of carboxylic acid groups (broad SMARTS) is 1. The summed E-state index contributed by atoms with van der Waals surface area (Å²) in [5.41, 5.74) is -1.71. The Morgan fingerprint density at radius 3 is 2.82 bits per heavy atom. The average Bonchev–Trinajstić information content (AvgIpc) is 2.28. The van der Waals surface area contributed by atoms with Gasteiger partial charge in [-0.1, -0.05) is 0 Å². The molecule has 0 heterocycles. The number of hydrogen-bond acceptors (Lipinski definition) is 4. The van der Waals surface area contributed by atoms with Crippen LogP contribution in [0.15, 0.2) is 18.2 Å². The number of anilines is 1. The molecule has 6 heteroatoms. The Morgan fingerprint density at radius 2 is 2.29 bits per heavy atom. The minimum Gasteiger partial charge on any atom is -0.479 e. The van der Waals surface area contributed by atoms with Crippen LogP contribution in [0.4, 0.5) is 10.1 Å². The third kappa shape index (κ3) is 3.16. The molecule has 0 aromatic heterocycles. The Labute approximate surface area is 97.1 Å². The highest BCUT2D eigenvalue weighted by Gasteiger charge is 2.29. The number of benzene rings is 1. The summed E-state index contributed by atoms with van der Waals surface area (Å²) >= 11 is 0. The van der Waals surface area contributed by atoms with Crippen LogP contribution in [0.25, 0.3) is 0 Å². The highest BCUT2D eigenvalue weighted by Crippen LogP contribution is 2.15. The van der Waals surface area contributed by atoms with Gasteiger partial charge >= 0.3 is 5.97 Å². The molecule has 0 fully saturated rings. The molecule has 0 radical (unpaired) electrons. The van der Waals surface area contributed by atoms with E-state index in [0.717, 1.165) is 13.0 Å². The van der Waals surface area contributed by atoms with Crippen molar-refractivity contribution in [2.75, 3.05) is 11.9 Å². The molecule has 1 aromatic carbocycles. The van der Waals surface area contributed by atoms with Crippen molar-refractivity contribution in [2.45, 2.75) is 12.5 Å². The van der Waals surface area contributed by atoms with E-state index in [-0.39, 0.29) is 12.1 Å². The first-order chi connectivity index (χ1) is 7.86. The smallest absolute Gasteiger partial charge is 0.337 e. The molecule has 0 aliphatic heterocycles. The molecule has 17 heavy (non-hydrogen) atoms. The third-order valence-corrected chi connectivity index (χ3v) is 2.18. The molecule has 0 aliphatic carbocycles.